The number of hydrogen-bond acceptors (Lipinski definition) is 7. The van der Waals surface area contributed by atoms with Crippen LogP contribution < -0.4 is 10.3 Å². The SMILES string of the molecule is COc1ccc(-c2cc3c(=O)n(Cc4noc(CN5CCCC[C@@H]5C)n4)ccn3n2)cc1. The lowest BCUT2D eigenvalue weighted by Crippen LogP contribution is -2.36. The minimum atomic E-state index is -0.157. The van der Waals surface area contributed by atoms with Crippen LogP contribution in [0.4, 0.5) is 0 Å². The van der Waals surface area contributed by atoms with Crippen molar-refractivity contribution >= 4 is 5.52 Å². The maximum atomic E-state index is 13.0. The molecule has 0 aliphatic carbocycles. The zero-order valence-electron chi connectivity index (χ0n) is 18.3. The number of hydrogen-bond donors (Lipinski definition) is 0. The van der Waals surface area contributed by atoms with Crippen LogP contribution in [0.3, 0.4) is 0 Å². The van der Waals surface area contributed by atoms with E-state index < -0.39 is 0 Å². The molecule has 0 unspecified atom stereocenters. The molecular formula is C23H26N6O3. The van der Waals surface area contributed by atoms with Gasteiger partial charge in [0, 0.05) is 24.0 Å². The van der Waals surface area contributed by atoms with Crippen molar-refractivity contribution in [3.63, 3.8) is 0 Å². The number of piperidine rings is 1. The van der Waals surface area contributed by atoms with Crippen molar-refractivity contribution in [2.45, 2.75) is 45.3 Å². The van der Waals surface area contributed by atoms with Gasteiger partial charge in [-0.25, -0.2) is 4.52 Å². The van der Waals surface area contributed by atoms with Crippen molar-refractivity contribution in [2.75, 3.05) is 13.7 Å². The second-order valence-electron chi connectivity index (χ2n) is 8.24. The van der Waals surface area contributed by atoms with Crippen LogP contribution in [0.25, 0.3) is 16.8 Å². The quantitative estimate of drug-likeness (QED) is 0.461. The van der Waals surface area contributed by atoms with Gasteiger partial charge < -0.3 is 13.8 Å². The van der Waals surface area contributed by atoms with E-state index in [1.54, 1.807) is 34.7 Å². The van der Waals surface area contributed by atoms with Gasteiger partial charge in [0.25, 0.3) is 5.56 Å². The minimum Gasteiger partial charge on any atom is -0.497 e. The summed E-state index contributed by atoms with van der Waals surface area (Å²) in [5.41, 5.74) is 1.97. The summed E-state index contributed by atoms with van der Waals surface area (Å²) in [5, 5.41) is 8.62. The van der Waals surface area contributed by atoms with Gasteiger partial charge in [-0.1, -0.05) is 11.6 Å². The highest BCUT2D eigenvalue weighted by molar-refractivity contribution is 5.66. The van der Waals surface area contributed by atoms with Crippen LogP contribution in [0.2, 0.25) is 0 Å². The Morgan fingerprint density at radius 3 is 2.78 bits per heavy atom. The maximum Gasteiger partial charge on any atom is 0.277 e. The van der Waals surface area contributed by atoms with Crippen LogP contribution in [0.5, 0.6) is 5.75 Å². The Labute approximate surface area is 185 Å². The average Bonchev–Trinajstić information content (AvgIpc) is 3.45. The first-order valence-electron chi connectivity index (χ1n) is 10.9. The summed E-state index contributed by atoms with van der Waals surface area (Å²) in [6.07, 6.45) is 7.13. The number of fused-ring (bicyclic) bond motifs is 1. The van der Waals surface area contributed by atoms with Crippen molar-refractivity contribution < 1.29 is 9.26 Å². The van der Waals surface area contributed by atoms with E-state index in [-0.39, 0.29) is 12.1 Å². The number of methoxy groups -OCH3 is 1. The van der Waals surface area contributed by atoms with Crippen LogP contribution in [-0.4, -0.2) is 48.9 Å². The first kappa shape index (κ1) is 20.4. The van der Waals surface area contributed by atoms with Gasteiger partial charge >= 0.3 is 0 Å². The highest BCUT2D eigenvalue weighted by Crippen LogP contribution is 2.22. The van der Waals surface area contributed by atoms with Crippen LogP contribution in [-0.2, 0) is 13.1 Å². The Morgan fingerprint density at radius 1 is 1.16 bits per heavy atom. The van der Waals surface area contributed by atoms with Crippen molar-refractivity contribution in [3.8, 4) is 17.0 Å². The van der Waals surface area contributed by atoms with E-state index in [2.05, 4.69) is 27.1 Å². The molecule has 166 valence electrons. The van der Waals surface area contributed by atoms with Crippen molar-refractivity contribution in [1.82, 2.24) is 29.2 Å². The third kappa shape index (κ3) is 4.03. The molecule has 9 heteroatoms. The first-order valence-corrected chi connectivity index (χ1v) is 10.9. The van der Waals surface area contributed by atoms with Gasteiger partial charge in [0.2, 0.25) is 5.89 Å². The normalized spacial score (nSPS) is 17.1. The Morgan fingerprint density at radius 2 is 2.00 bits per heavy atom. The zero-order chi connectivity index (χ0) is 22.1. The van der Waals surface area contributed by atoms with Crippen molar-refractivity contribution in [3.05, 3.63) is 64.8 Å². The molecule has 32 heavy (non-hydrogen) atoms. The lowest BCUT2D eigenvalue weighted by atomic mass is 10.0. The first-order chi connectivity index (χ1) is 15.6. The molecule has 3 aromatic heterocycles. The predicted molar refractivity (Wildman–Crippen MR) is 119 cm³/mol. The molecule has 0 spiro atoms. The molecule has 1 aliphatic heterocycles. The Kier molecular flexibility index (Phi) is 5.48. The van der Waals surface area contributed by atoms with Gasteiger partial charge in [0.05, 0.1) is 25.9 Å². The van der Waals surface area contributed by atoms with E-state index in [4.69, 9.17) is 9.26 Å². The van der Waals surface area contributed by atoms with Crippen molar-refractivity contribution in [1.29, 1.82) is 0 Å². The molecule has 0 amide bonds. The van der Waals surface area contributed by atoms with Gasteiger partial charge in [0.1, 0.15) is 11.3 Å². The zero-order valence-corrected chi connectivity index (χ0v) is 18.3. The molecule has 0 radical (unpaired) electrons. The smallest absolute Gasteiger partial charge is 0.277 e. The van der Waals surface area contributed by atoms with Crippen LogP contribution in [0.1, 0.15) is 37.9 Å². The summed E-state index contributed by atoms with van der Waals surface area (Å²) in [4.78, 5) is 19.9. The van der Waals surface area contributed by atoms with E-state index in [1.807, 2.05) is 24.3 Å². The lowest BCUT2D eigenvalue weighted by molar-refractivity contribution is 0.135. The highest BCUT2D eigenvalue weighted by Gasteiger charge is 2.21. The van der Waals surface area contributed by atoms with E-state index in [0.29, 0.717) is 29.8 Å². The number of rotatable bonds is 6. The molecule has 9 nitrogen and oxygen atoms in total. The second-order valence-corrected chi connectivity index (χ2v) is 8.24. The summed E-state index contributed by atoms with van der Waals surface area (Å²) in [5.74, 6) is 1.86. The lowest BCUT2D eigenvalue weighted by Gasteiger charge is -2.31. The molecule has 1 atom stereocenters. The number of likely N-dealkylation sites (tertiary alicyclic amines) is 1. The average molecular weight is 435 g/mol. The number of ether oxygens (including phenoxy) is 1. The monoisotopic (exact) mass is 434 g/mol. The molecule has 0 bridgehead atoms. The van der Waals surface area contributed by atoms with E-state index in [0.717, 1.165) is 23.6 Å². The molecule has 1 fully saturated rings. The van der Waals surface area contributed by atoms with Gasteiger partial charge in [-0.05, 0) is 56.6 Å². The number of benzene rings is 1. The number of nitrogens with zero attached hydrogens (tertiary/aromatic N) is 6. The summed E-state index contributed by atoms with van der Waals surface area (Å²) >= 11 is 0. The molecular weight excluding hydrogens is 408 g/mol. The van der Waals surface area contributed by atoms with Crippen LogP contribution in [0.15, 0.2) is 52.0 Å². The molecule has 5 rings (SSSR count). The second kappa shape index (κ2) is 8.58. The largest absolute Gasteiger partial charge is 0.497 e. The predicted octanol–water partition coefficient (Wildman–Crippen LogP) is 2.98. The van der Waals surface area contributed by atoms with E-state index in [1.165, 1.54) is 19.3 Å². The van der Waals surface area contributed by atoms with Gasteiger partial charge in [-0.15, -0.1) is 0 Å². The van der Waals surface area contributed by atoms with Crippen molar-refractivity contribution in [2.24, 2.45) is 0 Å². The summed E-state index contributed by atoms with van der Waals surface area (Å²) in [6.45, 7) is 4.18. The van der Waals surface area contributed by atoms with Crippen LogP contribution >= 0.6 is 0 Å². The molecule has 0 N–H and O–H groups in total. The molecule has 4 aromatic rings. The van der Waals surface area contributed by atoms with Gasteiger partial charge in [-0.2, -0.15) is 10.1 Å². The fourth-order valence-electron chi connectivity index (χ4n) is 4.19. The minimum absolute atomic E-state index is 0.157. The highest BCUT2D eigenvalue weighted by atomic mass is 16.5. The summed E-state index contributed by atoms with van der Waals surface area (Å²) < 4.78 is 13.8. The molecule has 1 aromatic carbocycles. The third-order valence-electron chi connectivity index (χ3n) is 6.09. The molecule has 1 aliphatic rings. The summed E-state index contributed by atoms with van der Waals surface area (Å²) in [7, 11) is 1.63. The van der Waals surface area contributed by atoms with E-state index in [9.17, 15) is 4.79 Å². The Bertz CT molecular complexity index is 1270. The molecule has 0 saturated carbocycles. The standard InChI is InChI=1S/C23H26N6O3/c1-16-5-3-4-10-27(16)15-22-24-21(26-32-22)14-28-11-12-29-20(23(28)30)13-19(25-29)17-6-8-18(31-2)9-7-17/h6-9,11-13,16H,3-5,10,14-15H2,1-2H3/t16-/m0/s1. The maximum absolute atomic E-state index is 13.0. The Balaban J connectivity index is 1.35. The Hall–Kier alpha value is -3.46. The van der Waals surface area contributed by atoms with Gasteiger partial charge in [0.15, 0.2) is 5.82 Å². The fraction of sp³-hybridized carbons (Fsp3) is 0.391. The molecule has 4 heterocycles. The van der Waals surface area contributed by atoms with Gasteiger partial charge in [-0.3, -0.25) is 9.69 Å². The topological polar surface area (TPSA) is 90.7 Å². The van der Waals surface area contributed by atoms with E-state index >= 15 is 0 Å². The summed E-state index contributed by atoms with van der Waals surface area (Å²) in [6, 6.07) is 9.89. The fourth-order valence-corrected chi connectivity index (χ4v) is 4.19. The number of aromatic nitrogens is 5. The third-order valence-corrected chi connectivity index (χ3v) is 6.09. The molecule has 1 saturated heterocycles. The van der Waals surface area contributed by atoms with Crippen LogP contribution in [0, 0.1) is 0 Å².